The van der Waals surface area contributed by atoms with Crippen molar-refractivity contribution in [3.05, 3.63) is 29.1 Å². The lowest BCUT2D eigenvalue weighted by Crippen LogP contribution is -2.13. The van der Waals surface area contributed by atoms with Crippen molar-refractivity contribution in [1.29, 1.82) is 0 Å². The van der Waals surface area contributed by atoms with Gasteiger partial charge in [0.1, 0.15) is 5.82 Å². The predicted octanol–water partition coefficient (Wildman–Crippen LogP) is 1.60. The number of benzene rings is 1. The van der Waals surface area contributed by atoms with Crippen LogP contribution < -0.4 is 4.74 Å². The molecule has 0 aliphatic carbocycles. The molecule has 10 heteroatoms. The molecule has 0 radical (unpaired) electrons. The molecular weight excluding hydrogens is 305 g/mol. The van der Waals surface area contributed by atoms with E-state index in [0.717, 1.165) is 0 Å². The van der Waals surface area contributed by atoms with E-state index in [2.05, 4.69) is 8.92 Å². The molecule has 2 rings (SSSR count). The lowest BCUT2D eigenvalue weighted by atomic mass is 10.00. The Balaban J connectivity index is 2.51. The topological polar surface area (TPSA) is 89.9 Å². The van der Waals surface area contributed by atoms with E-state index in [-0.39, 0.29) is 6.07 Å². The highest BCUT2D eigenvalue weighted by Crippen LogP contribution is 2.35. The Morgan fingerprint density at radius 1 is 1.35 bits per heavy atom. The molecule has 1 aromatic carbocycles. The van der Waals surface area contributed by atoms with Gasteiger partial charge in [-0.3, -0.25) is 4.18 Å². The zero-order valence-electron chi connectivity index (χ0n) is 9.60. The molecule has 1 heterocycles. The van der Waals surface area contributed by atoms with Crippen LogP contribution in [0, 0.1) is 17.5 Å². The molecule has 1 aromatic rings. The molecule has 20 heavy (non-hydrogen) atoms. The van der Waals surface area contributed by atoms with Gasteiger partial charge in [0, 0.05) is 17.5 Å². The lowest BCUT2D eigenvalue weighted by Gasteiger charge is -2.12. The maximum atomic E-state index is 13.9. The van der Waals surface area contributed by atoms with Crippen LogP contribution >= 0.6 is 0 Å². The summed E-state index contributed by atoms with van der Waals surface area (Å²) in [5.74, 6) is -7.71. The quantitative estimate of drug-likeness (QED) is 0.507. The van der Waals surface area contributed by atoms with Crippen molar-refractivity contribution in [2.24, 2.45) is 0 Å². The monoisotopic (exact) mass is 312 g/mol. The number of hydrogen-bond acceptors (Lipinski definition) is 5. The van der Waals surface area contributed by atoms with E-state index in [1.165, 1.54) is 0 Å². The van der Waals surface area contributed by atoms with Gasteiger partial charge in [-0.15, -0.1) is 0 Å². The molecule has 1 unspecified atom stereocenters. The van der Waals surface area contributed by atoms with E-state index in [9.17, 15) is 26.4 Å². The fourth-order valence-corrected chi connectivity index (χ4v) is 3.06. The first-order valence-electron chi connectivity index (χ1n) is 5.16. The van der Waals surface area contributed by atoms with Crippen molar-refractivity contribution >= 4 is 16.3 Å². The highest BCUT2D eigenvalue weighted by Gasteiger charge is 2.36. The van der Waals surface area contributed by atoms with Gasteiger partial charge in [0.25, 0.3) is 10.1 Å². The van der Waals surface area contributed by atoms with Crippen LogP contribution in [0.3, 0.4) is 0 Å². The maximum absolute atomic E-state index is 13.9. The first kappa shape index (κ1) is 14.6. The van der Waals surface area contributed by atoms with Crippen molar-refractivity contribution in [2.45, 2.75) is 5.92 Å². The van der Waals surface area contributed by atoms with Gasteiger partial charge in [-0.05, 0) is 0 Å². The Morgan fingerprint density at radius 3 is 2.50 bits per heavy atom. The van der Waals surface area contributed by atoms with E-state index in [1.807, 2.05) is 0 Å². The summed E-state index contributed by atoms with van der Waals surface area (Å²) in [6, 6.07) is 0.224. The molecule has 110 valence electrons. The van der Waals surface area contributed by atoms with Crippen molar-refractivity contribution in [3.63, 3.8) is 0 Å². The van der Waals surface area contributed by atoms with Gasteiger partial charge in [0.2, 0.25) is 5.75 Å². The van der Waals surface area contributed by atoms with Crippen LogP contribution in [0.25, 0.3) is 0 Å². The molecular formula is C10H7F3O6S. The average Bonchev–Trinajstić information content (AvgIpc) is 2.64. The Labute approximate surface area is 110 Å². The Kier molecular flexibility index (Phi) is 3.61. The molecule has 1 fully saturated rings. The zero-order chi connectivity index (χ0) is 15.1. The molecule has 1 N–H and O–H groups in total. The van der Waals surface area contributed by atoms with Crippen molar-refractivity contribution in [1.82, 2.24) is 0 Å². The number of rotatable bonds is 2. The average molecular weight is 312 g/mol. The molecule has 0 bridgehead atoms. The zero-order valence-corrected chi connectivity index (χ0v) is 10.4. The molecule has 1 atom stereocenters. The van der Waals surface area contributed by atoms with Crippen LogP contribution in [0.5, 0.6) is 5.75 Å². The largest absolute Gasteiger partial charge is 0.511 e. The standard InChI is InChI=1S/C10H7F3O6S/c11-5-1-6(12)9(19-10(14)15)8(13)7(5)4-2-18-20(16,17)3-4/h1,4H,2-3H2,(H,14,15). The van der Waals surface area contributed by atoms with Gasteiger partial charge >= 0.3 is 6.16 Å². The number of carboxylic acid groups (broad SMARTS) is 1. The highest BCUT2D eigenvalue weighted by molar-refractivity contribution is 7.87. The summed E-state index contributed by atoms with van der Waals surface area (Å²) >= 11 is 0. The first-order valence-corrected chi connectivity index (χ1v) is 6.74. The number of ether oxygens (including phenoxy) is 1. The second-order valence-corrected chi connectivity index (χ2v) is 5.66. The minimum atomic E-state index is -3.91. The molecule has 1 aliphatic rings. The summed E-state index contributed by atoms with van der Waals surface area (Å²) in [5.41, 5.74) is -0.788. The third-order valence-electron chi connectivity index (χ3n) is 2.62. The second-order valence-electron chi connectivity index (χ2n) is 3.97. The smallest absolute Gasteiger partial charge is 0.449 e. The SMILES string of the molecule is O=C(O)Oc1c(F)cc(F)c(C2COS(=O)(=O)C2)c1F. The van der Waals surface area contributed by atoms with Crippen LogP contribution in [-0.4, -0.2) is 32.0 Å². The third-order valence-corrected chi connectivity index (χ3v) is 3.92. The highest BCUT2D eigenvalue weighted by atomic mass is 32.2. The first-order chi connectivity index (χ1) is 9.21. The summed E-state index contributed by atoms with van der Waals surface area (Å²) in [4.78, 5) is 10.3. The van der Waals surface area contributed by atoms with Gasteiger partial charge < -0.3 is 9.84 Å². The second kappa shape index (κ2) is 4.94. The summed E-state index contributed by atoms with van der Waals surface area (Å²) in [7, 11) is -3.91. The Morgan fingerprint density at radius 2 is 2.00 bits per heavy atom. The predicted molar refractivity (Wildman–Crippen MR) is 57.4 cm³/mol. The van der Waals surface area contributed by atoms with Gasteiger partial charge in [0.15, 0.2) is 11.6 Å². The fourth-order valence-electron chi connectivity index (χ4n) is 1.84. The molecule has 0 amide bonds. The van der Waals surface area contributed by atoms with Crippen LogP contribution in [0.15, 0.2) is 6.07 Å². The normalized spacial score (nSPS) is 20.9. The van der Waals surface area contributed by atoms with E-state index in [0.29, 0.717) is 0 Å². The lowest BCUT2D eigenvalue weighted by molar-refractivity contribution is 0.140. The van der Waals surface area contributed by atoms with Gasteiger partial charge in [-0.25, -0.2) is 18.0 Å². The third kappa shape index (κ3) is 2.70. The fraction of sp³-hybridized carbons (Fsp3) is 0.300. The van der Waals surface area contributed by atoms with Gasteiger partial charge in [-0.2, -0.15) is 8.42 Å². The Bertz CT molecular complexity index is 672. The molecule has 6 nitrogen and oxygen atoms in total. The van der Waals surface area contributed by atoms with Crippen molar-refractivity contribution in [3.8, 4) is 5.75 Å². The van der Waals surface area contributed by atoms with Crippen LogP contribution in [-0.2, 0) is 14.3 Å². The summed E-state index contributed by atoms with van der Waals surface area (Å²) in [6.07, 6.45) is -1.99. The van der Waals surface area contributed by atoms with Crippen LogP contribution in [0.1, 0.15) is 11.5 Å². The van der Waals surface area contributed by atoms with E-state index in [4.69, 9.17) is 5.11 Å². The minimum Gasteiger partial charge on any atom is -0.449 e. The van der Waals surface area contributed by atoms with Crippen LogP contribution in [0.2, 0.25) is 0 Å². The molecule has 1 aliphatic heterocycles. The minimum absolute atomic E-state index is 0.224. The van der Waals surface area contributed by atoms with Crippen LogP contribution in [0.4, 0.5) is 18.0 Å². The molecule has 1 saturated heterocycles. The van der Waals surface area contributed by atoms with E-state index in [1.54, 1.807) is 0 Å². The summed E-state index contributed by atoms with van der Waals surface area (Å²) in [5, 5.41) is 8.35. The van der Waals surface area contributed by atoms with E-state index < -0.39 is 63.3 Å². The number of halogens is 3. The van der Waals surface area contributed by atoms with Crippen molar-refractivity contribution in [2.75, 3.05) is 12.4 Å². The molecule has 0 aromatic heterocycles. The number of hydrogen-bond donors (Lipinski definition) is 1. The van der Waals surface area contributed by atoms with Gasteiger partial charge in [-0.1, -0.05) is 0 Å². The Hall–Kier alpha value is -1.81. The molecule has 0 saturated carbocycles. The number of carbonyl (C=O) groups is 1. The van der Waals surface area contributed by atoms with Crippen molar-refractivity contribution < 1.29 is 40.4 Å². The van der Waals surface area contributed by atoms with E-state index >= 15 is 0 Å². The summed E-state index contributed by atoms with van der Waals surface area (Å²) < 4.78 is 71.3. The van der Waals surface area contributed by atoms with Gasteiger partial charge in [0.05, 0.1) is 12.4 Å². The summed E-state index contributed by atoms with van der Waals surface area (Å²) in [6.45, 7) is -0.520. The maximum Gasteiger partial charge on any atom is 0.511 e. The molecule has 0 spiro atoms.